The molecule has 0 saturated carbocycles. The minimum atomic E-state index is -0.294. The van der Waals surface area contributed by atoms with E-state index in [9.17, 15) is 4.79 Å². The van der Waals surface area contributed by atoms with Crippen molar-refractivity contribution in [2.75, 3.05) is 31.2 Å². The molecular weight excluding hydrogens is 242 g/mol. The zero-order chi connectivity index (χ0) is 13.4. The summed E-state index contributed by atoms with van der Waals surface area (Å²) >= 11 is 0. The number of ether oxygens (including phenoxy) is 1. The van der Waals surface area contributed by atoms with Crippen molar-refractivity contribution in [2.24, 2.45) is 0 Å². The smallest absolute Gasteiger partial charge is 0.338 e. The molecule has 100 valence electrons. The molecule has 0 bridgehead atoms. The molecule has 0 aliphatic carbocycles. The first kappa shape index (κ1) is 12.2. The summed E-state index contributed by atoms with van der Waals surface area (Å²) in [5.41, 5.74) is 3.66. The largest absolute Gasteiger partial charge is 0.423 e. The van der Waals surface area contributed by atoms with Crippen LogP contribution in [0.5, 0.6) is 0 Å². The van der Waals surface area contributed by atoms with E-state index in [-0.39, 0.29) is 5.63 Å². The molecule has 3 rings (SSSR count). The van der Waals surface area contributed by atoms with Crippen LogP contribution in [-0.2, 0) is 4.74 Å². The van der Waals surface area contributed by atoms with Crippen LogP contribution in [-0.4, -0.2) is 26.3 Å². The van der Waals surface area contributed by atoms with Gasteiger partial charge in [0.05, 0.1) is 18.9 Å². The summed E-state index contributed by atoms with van der Waals surface area (Å²) in [6.45, 7) is 7.12. The number of hydrogen-bond acceptors (Lipinski definition) is 4. The van der Waals surface area contributed by atoms with Gasteiger partial charge in [-0.15, -0.1) is 0 Å². The zero-order valence-electron chi connectivity index (χ0n) is 11.2. The van der Waals surface area contributed by atoms with E-state index in [1.54, 1.807) is 6.07 Å². The fourth-order valence-corrected chi connectivity index (χ4v) is 2.47. The molecule has 0 spiro atoms. The third-order valence-corrected chi connectivity index (χ3v) is 3.69. The summed E-state index contributed by atoms with van der Waals surface area (Å²) in [5, 5.41) is 1.00. The highest BCUT2D eigenvalue weighted by atomic mass is 16.5. The molecule has 0 amide bonds. The van der Waals surface area contributed by atoms with E-state index in [4.69, 9.17) is 9.15 Å². The van der Waals surface area contributed by atoms with Crippen molar-refractivity contribution in [3.63, 3.8) is 0 Å². The second-order valence-electron chi connectivity index (χ2n) is 4.98. The van der Waals surface area contributed by atoms with Crippen molar-refractivity contribution >= 4 is 16.7 Å². The Morgan fingerprint density at radius 1 is 1.05 bits per heavy atom. The molecule has 1 aromatic heterocycles. The van der Waals surface area contributed by atoms with Gasteiger partial charge >= 0.3 is 5.63 Å². The van der Waals surface area contributed by atoms with Gasteiger partial charge in [0.2, 0.25) is 0 Å². The molecule has 2 heterocycles. The lowest BCUT2D eigenvalue weighted by Crippen LogP contribution is -2.36. The maximum Gasteiger partial charge on any atom is 0.338 e. The van der Waals surface area contributed by atoms with Crippen molar-refractivity contribution in [1.82, 2.24) is 0 Å². The van der Waals surface area contributed by atoms with Crippen molar-refractivity contribution < 1.29 is 9.15 Å². The Hall–Kier alpha value is -1.81. The average Bonchev–Trinajstić information content (AvgIpc) is 2.41. The number of benzene rings is 1. The lowest BCUT2D eigenvalue weighted by molar-refractivity contribution is 0.123. The topological polar surface area (TPSA) is 42.7 Å². The number of nitrogens with zero attached hydrogens (tertiary/aromatic N) is 1. The summed E-state index contributed by atoms with van der Waals surface area (Å²) in [6, 6.07) is 5.62. The summed E-state index contributed by atoms with van der Waals surface area (Å²) in [5.74, 6) is 0. The first-order valence-corrected chi connectivity index (χ1v) is 6.53. The highest BCUT2D eigenvalue weighted by Gasteiger charge is 2.16. The Bertz CT molecular complexity index is 669. The highest BCUT2D eigenvalue weighted by Crippen LogP contribution is 2.28. The summed E-state index contributed by atoms with van der Waals surface area (Å²) < 4.78 is 10.7. The van der Waals surface area contributed by atoms with E-state index < -0.39 is 0 Å². The normalized spacial score (nSPS) is 16.0. The first-order valence-electron chi connectivity index (χ1n) is 6.53. The first-order chi connectivity index (χ1) is 9.15. The molecule has 19 heavy (non-hydrogen) atoms. The molecule has 1 aromatic carbocycles. The SMILES string of the molecule is Cc1cc2oc(=O)cc(N3CCOCC3)c2cc1C. The predicted molar refractivity (Wildman–Crippen MR) is 75.0 cm³/mol. The standard InChI is InChI=1S/C15H17NO3/c1-10-7-12-13(16-3-5-18-6-4-16)9-15(17)19-14(12)8-11(10)2/h7-9H,3-6H2,1-2H3. The van der Waals surface area contributed by atoms with Crippen LogP contribution < -0.4 is 10.5 Å². The Morgan fingerprint density at radius 2 is 1.74 bits per heavy atom. The maximum absolute atomic E-state index is 11.7. The minimum absolute atomic E-state index is 0.294. The van der Waals surface area contributed by atoms with Gasteiger partial charge in [0.1, 0.15) is 5.58 Å². The van der Waals surface area contributed by atoms with Crippen LogP contribution in [0, 0.1) is 13.8 Å². The summed E-state index contributed by atoms with van der Waals surface area (Å²) in [6.07, 6.45) is 0. The number of anilines is 1. The van der Waals surface area contributed by atoms with Crippen LogP contribution in [0.25, 0.3) is 11.0 Å². The molecule has 1 aliphatic rings. The van der Waals surface area contributed by atoms with Gasteiger partial charge in [0.15, 0.2) is 0 Å². The average molecular weight is 259 g/mol. The van der Waals surface area contributed by atoms with Crippen molar-refractivity contribution in [2.45, 2.75) is 13.8 Å². The minimum Gasteiger partial charge on any atom is -0.423 e. The second-order valence-corrected chi connectivity index (χ2v) is 4.98. The fraction of sp³-hybridized carbons (Fsp3) is 0.400. The van der Waals surface area contributed by atoms with Gasteiger partial charge in [-0.25, -0.2) is 4.79 Å². The lowest BCUT2D eigenvalue weighted by atomic mass is 10.1. The van der Waals surface area contributed by atoms with Gasteiger partial charge in [0.25, 0.3) is 0 Å². The van der Waals surface area contributed by atoms with Crippen LogP contribution in [0.1, 0.15) is 11.1 Å². The van der Waals surface area contributed by atoms with E-state index in [0.717, 1.165) is 29.7 Å². The third kappa shape index (κ3) is 2.24. The lowest BCUT2D eigenvalue weighted by Gasteiger charge is -2.29. The molecule has 0 atom stereocenters. The van der Waals surface area contributed by atoms with Crippen molar-refractivity contribution in [1.29, 1.82) is 0 Å². The molecule has 0 radical (unpaired) electrons. The molecule has 0 unspecified atom stereocenters. The molecule has 1 aliphatic heterocycles. The van der Waals surface area contributed by atoms with Crippen LogP contribution in [0.3, 0.4) is 0 Å². The van der Waals surface area contributed by atoms with Crippen LogP contribution >= 0.6 is 0 Å². The summed E-state index contributed by atoms with van der Waals surface area (Å²) in [7, 11) is 0. The molecule has 4 nitrogen and oxygen atoms in total. The van der Waals surface area contributed by atoms with E-state index in [2.05, 4.69) is 17.9 Å². The van der Waals surface area contributed by atoms with E-state index in [1.807, 2.05) is 13.0 Å². The predicted octanol–water partition coefficient (Wildman–Crippen LogP) is 2.25. The molecule has 4 heteroatoms. The Labute approximate surface area is 111 Å². The number of fused-ring (bicyclic) bond motifs is 1. The van der Waals surface area contributed by atoms with Crippen molar-refractivity contribution in [3.05, 3.63) is 39.7 Å². The van der Waals surface area contributed by atoms with E-state index in [1.165, 1.54) is 5.56 Å². The van der Waals surface area contributed by atoms with E-state index >= 15 is 0 Å². The van der Waals surface area contributed by atoms with Crippen LogP contribution in [0.15, 0.2) is 27.4 Å². The van der Waals surface area contributed by atoms with Crippen LogP contribution in [0.4, 0.5) is 5.69 Å². The maximum atomic E-state index is 11.7. The van der Waals surface area contributed by atoms with Gasteiger partial charge < -0.3 is 14.1 Å². The monoisotopic (exact) mass is 259 g/mol. The summed E-state index contributed by atoms with van der Waals surface area (Å²) in [4.78, 5) is 13.9. The van der Waals surface area contributed by atoms with Crippen LogP contribution in [0.2, 0.25) is 0 Å². The van der Waals surface area contributed by atoms with Gasteiger partial charge in [-0.3, -0.25) is 0 Å². The third-order valence-electron chi connectivity index (χ3n) is 3.69. The van der Waals surface area contributed by atoms with E-state index in [0.29, 0.717) is 18.8 Å². The highest BCUT2D eigenvalue weighted by molar-refractivity contribution is 5.91. The van der Waals surface area contributed by atoms with Crippen molar-refractivity contribution in [3.8, 4) is 0 Å². The Kier molecular flexibility index (Phi) is 3.03. The molecule has 1 fully saturated rings. The number of rotatable bonds is 1. The number of morpholine rings is 1. The number of aryl methyl sites for hydroxylation is 2. The second kappa shape index (κ2) is 4.70. The molecule has 2 aromatic rings. The molecule has 1 saturated heterocycles. The van der Waals surface area contributed by atoms with Gasteiger partial charge in [-0.1, -0.05) is 0 Å². The number of hydrogen-bond donors (Lipinski definition) is 0. The van der Waals surface area contributed by atoms with Gasteiger partial charge in [0, 0.05) is 24.5 Å². The zero-order valence-corrected chi connectivity index (χ0v) is 11.2. The Balaban J connectivity index is 2.21. The molecule has 0 N–H and O–H groups in total. The van der Waals surface area contributed by atoms with Gasteiger partial charge in [-0.05, 0) is 37.1 Å². The quantitative estimate of drug-likeness (QED) is 0.737. The molecular formula is C15H17NO3. The van der Waals surface area contributed by atoms with Gasteiger partial charge in [-0.2, -0.15) is 0 Å². The fourth-order valence-electron chi connectivity index (χ4n) is 2.47. The Morgan fingerprint density at radius 3 is 2.47 bits per heavy atom.